The van der Waals surface area contributed by atoms with Gasteiger partial charge in [-0.25, -0.2) is 0 Å². The molecule has 2 amide bonds. The minimum absolute atomic E-state index is 0.0125. The average molecular weight is 395 g/mol. The highest BCUT2D eigenvalue weighted by Gasteiger charge is 2.29. The van der Waals surface area contributed by atoms with Crippen LogP contribution in [0.1, 0.15) is 36.8 Å². The first-order valence-electron chi connectivity index (χ1n) is 10.4. The van der Waals surface area contributed by atoms with Crippen LogP contribution in [0, 0.1) is 11.8 Å². The lowest BCUT2D eigenvalue weighted by Gasteiger charge is -2.27. The molecule has 0 atom stereocenters. The molecule has 1 aliphatic rings. The molecule has 154 valence electrons. The minimum atomic E-state index is 0.0125. The molecule has 3 rings (SSSR count). The number of amides is 2. The summed E-state index contributed by atoms with van der Waals surface area (Å²) in [6.45, 7) is 1.17. The van der Waals surface area contributed by atoms with Crippen molar-refractivity contribution >= 4 is 11.8 Å². The second kappa shape index (κ2) is 10.6. The Kier molecular flexibility index (Phi) is 7.68. The minimum Gasteiger partial charge on any atom is -0.497 e. The normalized spacial score (nSPS) is 18.7. The average Bonchev–Trinajstić information content (AvgIpc) is 2.78. The molecule has 1 fully saturated rings. The number of carbonyl (C=O) groups is 2. The van der Waals surface area contributed by atoms with Gasteiger partial charge in [0.2, 0.25) is 11.8 Å². The van der Waals surface area contributed by atoms with Crippen LogP contribution in [0.2, 0.25) is 0 Å². The Balaban J connectivity index is 1.36. The number of benzene rings is 2. The second-order valence-corrected chi connectivity index (χ2v) is 7.64. The van der Waals surface area contributed by atoms with E-state index in [1.54, 1.807) is 7.11 Å². The van der Waals surface area contributed by atoms with Gasteiger partial charge in [-0.1, -0.05) is 42.5 Å². The molecule has 2 aromatic rings. The summed E-state index contributed by atoms with van der Waals surface area (Å²) in [6, 6.07) is 17.8. The molecule has 2 N–H and O–H groups in total. The predicted octanol–water partition coefficient (Wildman–Crippen LogP) is 3.48. The van der Waals surface area contributed by atoms with Gasteiger partial charge < -0.3 is 15.4 Å². The first-order chi connectivity index (χ1) is 14.2. The summed E-state index contributed by atoms with van der Waals surface area (Å²) in [7, 11) is 1.65. The Hall–Kier alpha value is -2.82. The molecule has 0 heterocycles. The molecule has 2 aromatic carbocycles. The van der Waals surface area contributed by atoms with Crippen molar-refractivity contribution in [2.75, 3.05) is 13.7 Å². The Morgan fingerprint density at radius 1 is 0.862 bits per heavy atom. The van der Waals surface area contributed by atoms with Crippen molar-refractivity contribution in [3.63, 3.8) is 0 Å². The van der Waals surface area contributed by atoms with E-state index < -0.39 is 0 Å². The second-order valence-electron chi connectivity index (χ2n) is 7.64. The monoisotopic (exact) mass is 394 g/mol. The SMILES string of the molecule is COc1cccc(CCNC(=O)C2CCC(C(=O)NCc3ccccc3)CC2)c1. The summed E-state index contributed by atoms with van der Waals surface area (Å²) in [5.74, 6) is 1.07. The van der Waals surface area contributed by atoms with E-state index in [1.807, 2.05) is 54.6 Å². The fourth-order valence-corrected chi connectivity index (χ4v) is 3.85. The summed E-state index contributed by atoms with van der Waals surface area (Å²) in [5.41, 5.74) is 2.24. The summed E-state index contributed by atoms with van der Waals surface area (Å²) in [6.07, 6.45) is 3.87. The summed E-state index contributed by atoms with van der Waals surface area (Å²) in [5, 5.41) is 6.07. The van der Waals surface area contributed by atoms with Gasteiger partial charge >= 0.3 is 0 Å². The largest absolute Gasteiger partial charge is 0.497 e. The fraction of sp³-hybridized carbons (Fsp3) is 0.417. The highest BCUT2D eigenvalue weighted by atomic mass is 16.5. The van der Waals surface area contributed by atoms with E-state index >= 15 is 0 Å². The smallest absolute Gasteiger partial charge is 0.223 e. The van der Waals surface area contributed by atoms with E-state index in [0.29, 0.717) is 13.1 Å². The Morgan fingerprint density at radius 3 is 2.14 bits per heavy atom. The van der Waals surface area contributed by atoms with Crippen LogP contribution < -0.4 is 15.4 Å². The molecule has 1 aliphatic carbocycles. The maximum Gasteiger partial charge on any atom is 0.223 e. The number of hydrogen-bond donors (Lipinski definition) is 2. The van der Waals surface area contributed by atoms with E-state index in [0.717, 1.165) is 49.0 Å². The van der Waals surface area contributed by atoms with Gasteiger partial charge in [-0.15, -0.1) is 0 Å². The number of ether oxygens (including phenoxy) is 1. The first-order valence-corrected chi connectivity index (χ1v) is 10.4. The molecular formula is C24H30N2O3. The molecule has 0 saturated heterocycles. The van der Waals surface area contributed by atoms with Gasteiger partial charge in [0.1, 0.15) is 5.75 Å². The molecule has 0 aliphatic heterocycles. The van der Waals surface area contributed by atoms with Crippen LogP contribution in [0.4, 0.5) is 0 Å². The molecule has 1 saturated carbocycles. The zero-order valence-corrected chi connectivity index (χ0v) is 17.0. The van der Waals surface area contributed by atoms with Gasteiger partial charge in [-0.05, 0) is 55.4 Å². The standard InChI is InChI=1S/C24H30N2O3/c1-29-22-9-5-8-18(16-22)14-15-25-23(27)20-10-12-21(13-11-20)24(28)26-17-19-6-3-2-4-7-19/h2-9,16,20-21H,10-15,17H2,1H3,(H,25,27)(H,26,28). The van der Waals surface area contributed by atoms with Gasteiger partial charge in [-0.3, -0.25) is 9.59 Å². The summed E-state index contributed by atoms with van der Waals surface area (Å²) in [4.78, 5) is 24.9. The molecule has 0 aromatic heterocycles. The third kappa shape index (κ3) is 6.34. The maximum atomic E-state index is 12.5. The number of hydrogen-bond acceptors (Lipinski definition) is 3. The Morgan fingerprint density at radius 2 is 1.48 bits per heavy atom. The number of nitrogens with one attached hydrogen (secondary N) is 2. The fourth-order valence-electron chi connectivity index (χ4n) is 3.85. The lowest BCUT2D eigenvalue weighted by molar-refractivity contribution is -0.130. The molecule has 5 nitrogen and oxygen atoms in total. The van der Waals surface area contributed by atoms with E-state index in [-0.39, 0.29) is 23.7 Å². The van der Waals surface area contributed by atoms with Gasteiger partial charge in [0.05, 0.1) is 7.11 Å². The van der Waals surface area contributed by atoms with Crippen LogP contribution >= 0.6 is 0 Å². The maximum absolute atomic E-state index is 12.5. The van der Waals surface area contributed by atoms with Crippen molar-refractivity contribution in [2.24, 2.45) is 11.8 Å². The predicted molar refractivity (Wildman–Crippen MR) is 113 cm³/mol. The molecular weight excluding hydrogens is 364 g/mol. The van der Waals surface area contributed by atoms with Gasteiger partial charge in [-0.2, -0.15) is 0 Å². The highest BCUT2D eigenvalue weighted by Crippen LogP contribution is 2.29. The molecule has 29 heavy (non-hydrogen) atoms. The van der Waals surface area contributed by atoms with E-state index in [1.165, 1.54) is 0 Å². The van der Waals surface area contributed by atoms with Crippen molar-refractivity contribution in [1.29, 1.82) is 0 Å². The van der Waals surface area contributed by atoms with Crippen molar-refractivity contribution in [3.05, 3.63) is 65.7 Å². The van der Waals surface area contributed by atoms with E-state index in [9.17, 15) is 9.59 Å². The van der Waals surface area contributed by atoms with Crippen LogP contribution in [0.3, 0.4) is 0 Å². The van der Waals surface area contributed by atoms with E-state index in [4.69, 9.17) is 4.74 Å². The Labute approximate surface area is 172 Å². The number of rotatable bonds is 8. The molecule has 0 spiro atoms. The van der Waals surface area contributed by atoms with Crippen LogP contribution in [0.5, 0.6) is 5.75 Å². The molecule has 0 unspecified atom stereocenters. The number of methoxy groups -OCH3 is 1. The molecule has 0 bridgehead atoms. The van der Waals surface area contributed by atoms with Gasteiger partial charge in [0.25, 0.3) is 0 Å². The zero-order valence-electron chi connectivity index (χ0n) is 17.0. The van der Waals surface area contributed by atoms with Gasteiger partial charge in [0.15, 0.2) is 0 Å². The van der Waals surface area contributed by atoms with Crippen molar-refractivity contribution in [3.8, 4) is 5.75 Å². The van der Waals surface area contributed by atoms with Crippen molar-refractivity contribution < 1.29 is 14.3 Å². The van der Waals surface area contributed by atoms with Crippen LogP contribution in [0.15, 0.2) is 54.6 Å². The quantitative estimate of drug-likeness (QED) is 0.720. The Bertz CT molecular complexity index is 799. The van der Waals surface area contributed by atoms with Gasteiger partial charge in [0, 0.05) is 24.9 Å². The molecule has 0 radical (unpaired) electrons. The molecule has 5 heteroatoms. The lowest BCUT2D eigenvalue weighted by atomic mass is 9.81. The van der Waals surface area contributed by atoms with Crippen LogP contribution in [-0.4, -0.2) is 25.5 Å². The lowest BCUT2D eigenvalue weighted by Crippen LogP contribution is -2.37. The van der Waals surface area contributed by atoms with Crippen molar-refractivity contribution in [2.45, 2.75) is 38.6 Å². The third-order valence-corrected chi connectivity index (χ3v) is 5.63. The third-order valence-electron chi connectivity index (χ3n) is 5.63. The number of carbonyl (C=O) groups excluding carboxylic acids is 2. The van der Waals surface area contributed by atoms with E-state index in [2.05, 4.69) is 10.6 Å². The summed E-state index contributed by atoms with van der Waals surface area (Å²) >= 11 is 0. The first kappa shape index (κ1) is 20.9. The highest BCUT2D eigenvalue weighted by molar-refractivity contribution is 5.81. The summed E-state index contributed by atoms with van der Waals surface area (Å²) < 4.78 is 5.23. The van der Waals surface area contributed by atoms with Crippen LogP contribution in [-0.2, 0) is 22.6 Å². The van der Waals surface area contributed by atoms with Crippen LogP contribution in [0.25, 0.3) is 0 Å². The topological polar surface area (TPSA) is 67.4 Å². The zero-order chi connectivity index (χ0) is 20.5. The van der Waals surface area contributed by atoms with Crippen molar-refractivity contribution in [1.82, 2.24) is 10.6 Å².